The van der Waals surface area contributed by atoms with Crippen LogP contribution in [0, 0.1) is 5.82 Å². The van der Waals surface area contributed by atoms with Gasteiger partial charge in [-0.15, -0.1) is 4.83 Å². The van der Waals surface area contributed by atoms with E-state index >= 15 is 0 Å². The number of benzene rings is 2. The quantitative estimate of drug-likeness (QED) is 0.690. The standard InChI is InChI=1S/C18H21FN2O4S/c1-3-13(2)14-7-9-17(10-8-14)26(23,24)21-20-18(22)12-25-16-6-4-5-15(19)11-16/h4-11,13,21H,3,12H2,1-2H3,(H,20,22)/t13-/m0/s1. The lowest BCUT2D eigenvalue weighted by Crippen LogP contribution is -2.43. The van der Waals surface area contributed by atoms with E-state index in [4.69, 9.17) is 4.74 Å². The van der Waals surface area contributed by atoms with Gasteiger partial charge in [-0.3, -0.25) is 10.2 Å². The van der Waals surface area contributed by atoms with Crippen molar-refractivity contribution in [1.82, 2.24) is 10.3 Å². The van der Waals surface area contributed by atoms with Gasteiger partial charge >= 0.3 is 0 Å². The average Bonchev–Trinajstić information content (AvgIpc) is 2.64. The first-order valence-electron chi connectivity index (χ1n) is 8.11. The lowest BCUT2D eigenvalue weighted by atomic mass is 9.99. The highest BCUT2D eigenvalue weighted by Gasteiger charge is 2.16. The van der Waals surface area contributed by atoms with Gasteiger partial charge in [-0.2, -0.15) is 0 Å². The third-order valence-corrected chi connectivity index (χ3v) is 5.13. The number of amides is 1. The minimum absolute atomic E-state index is 0.0379. The number of ether oxygens (including phenoxy) is 1. The number of hydrazine groups is 1. The minimum atomic E-state index is -3.89. The molecule has 6 nitrogen and oxygen atoms in total. The molecule has 0 aliphatic heterocycles. The van der Waals surface area contributed by atoms with Crippen LogP contribution in [0.25, 0.3) is 0 Å². The Labute approximate surface area is 152 Å². The Balaban J connectivity index is 1.89. The number of nitrogens with one attached hydrogen (secondary N) is 2. The number of halogens is 1. The van der Waals surface area contributed by atoms with Gasteiger partial charge in [0.25, 0.3) is 15.9 Å². The van der Waals surface area contributed by atoms with Crippen molar-refractivity contribution in [1.29, 1.82) is 0 Å². The van der Waals surface area contributed by atoms with Gasteiger partial charge in [0.2, 0.25) is 0 Å². The monoisotopic (exact) mass is 380 g/mol. The molecule has 0 bridgehead atoms. The highest BCUT2D eigenvalue weighted by molar-refractivity contribution is 7.89. The van der Waals surface area contributed by atoms with E-state index < -0.39 is 28.4 Å². The highest BCUT2D eigenvalue weighted by Crippen LogP contribution is 2.20. The molecule has 140 valence electrons. The summed E-state index contributed by atoms with van der Waals surface area (Å²) in [5.74, 6) is -0.707. The molecule has 0 saturated heterocycles. The summed E-state index contributed by atoms with van der Waals surface area (Å²) < 4.78 is 42.5. The summed E-state index contributed by atoms with van der Waals surface area (Å²) in [7, 11) is -3.89. The molecule has 1 atom stereocenters. The molecule has 2 aromatic rings. The molecular formula is C18H21FN2O4S. The maximum absolute atomic E-state index is 13.0. The Kier molecular flexibility index (Phi) is 6.70. The molecule has 26 heavy (non-hydrogen) atoms. The van der Waals surface area contributed by atoms with Crippen molar-refractivity contribution in [2.75, 3.05) is 6.61 Å². The molecule has 8 heteroatoms. The summed E-state index contributed by atoms with van der Waals surface area (Å²) in [5, 5.41) is 0. The van der Waals surface area contributed by atoms with Crippen LogP contribution in [0.3, 0.4) is 0 Å². The van der Waals surface area contributed by atoms with Crippen LogP contribution in [0.1, 0.15) is 31.7 Å². The van der Waals surface area contributed by atoms with Crippen LogP contribution in [-0.4, -0.2) is 20.9 Å². The molecule has 0 spiro atoms. The van der Waals surface area contributed by atoms with E-state index in [1.54, 1.807) is 12.1 Å². The van der Waals surface area contributed by atoms with Crippen LogP contribution < -0.4 is 15.0 Å². The van der Waals surface area contributed by atoms with E-state index in [1.807, 2.05) is 4.83 Å². The Morgan fingerprint density at radius 3 is 2.50 bits per heavy atom. The lowest BCUT2D eigenvalue weighted by molar-refractivity contribution is -0.123. The van der Waals surface area contributed by atoms with Gasteiger partial charge in [0, 0.05) is 6.07 Å². The largest absolute Gasteiger partial charge is 0.484 e. The topological polar surface area (TPSA) is 84.5 Å². The predicted octanol–water partition coefficient (Wildman–Crippen LogP) is 2.73. The van der Waals surface area contributed by atoms with Crippen molar-refractivity contribution >= 4 is 15.9 Å². The van der Waals surface area contributed by atoms with Crippen molar-refractivity contribution in [2.45, 2.75) is 31.1 Å². The first-order valence-corrected chi connectivity index (χ1v) is 9.59. The van der Waals surface area contributed by atoms with Crippen LogP contribution in [-0.2, 0) is 14.8 Å². The second-order valence-corrected chi connectivity index (χ2v) is 7.46. The van der Waals surface area contributed by atoms with Crippen molar-refractivity contribution in [2.24, 2.45) is 0 Å². The van der Waals surface area contributed by atoms with Gasteiger partial charge in [0.15, 0.2) is 6.61 Å². The summed E-state index contributed by atoms with van der Waals surface area (Å²) in [4.78, 5) is 13.7. The van der Waals surface area contributed by atoms with Gasteiger partial charge in [0.1, 0.15) is 11.6 Å². The third-order valence-electron chi connectivity index (χ3n) is 3.86. The fraction of sp³-hybridized carbons (Fsp3) is 0.278. The van der Waals surface area contributed by atoms with Crippen LogP contribution >= 0.6 is 0 Å². The van der Waals surface area contributed by atoms with Gasteiger partial charge in [-0.25, -0.2) is 12.8 Å². The predicted molar refractivity (Wildman–Crippen MR) is 95.5 cm³/mol. The molecule has 2 aromatic carbocycles. The number of rotatable bonds is 8. The van der Waals surface area contributed by atoms with Gasteiger partial charge in [-0.05, 0) is 42.2 Å². The van der Waals surface area contributed by atoms with Crippen molar-refractivity contribution < 1.29 is 22.3 Å². The summed E-state index contributed by atoms with van der Waals surface area (Å²) in [6.07, 6.45) is 0.950. The normalized spacial score (nSPS) is 12.4. The van der Waals surface area contributed by atoms with Crippen molar-refractivity contribution in [3.8, 4) is 5.75 Å². The number of sulfonamides is 1. The Hall–Kier alpha value is -2.45. The molecule has 0 saturated carbocycles. The fourth-order valence-electron chi connectivity index (χ4n) is 2.14. The number of carbonyl (C=O) groups is 1. The molecule has 2 rings (SSSR count). The zero-order chi connectivity index (χ0) is 19.2. The fourth-order valence-corrected chi connectivity index (χ4v) is 3.00. The molecule has 0 aliphatic carbocycles. The van der Waals surface area contributed by atoms with E-state index in [0.29, 0.717) is 5.92 Å². The molecule has 2 N–H and O–H groups in total. The number of hydrogen-bond acceptors (Lipinski definition) is 4. The summed E-state index contributed by atoms with van der Waals surface area (Å²) in [6, 6.07) is 11.8. The SMILES string of the molecule is CC[C@H](C)c1ccc(S(=O)(=O)NNC(=O)COc2cccc(F)c2)cc1. The number of carbonyl (C=O) groups excluding carboxylic acids is 1. The maximum Gasteiger partial charge on any atom is 0.272 e. The number of hydrogen-bond donors (Lipinski definition) is 2. The van der Waals surface area contributed by atoms with E-state index in [9.17, 15) is 17.6 Å². The van der Waals surface area contributed by atoms with Gasteiger partial charge < -0.3 is 4.74 Å². The molecule has 0 heterocycles. The Morgan fingerprint density at radius 1 is 1.19 bits per heavy atom. The smallest absolute Gasteiger partial charge is 0.272 e. The molecule has 0 unspecified atom stereocenters. The maximum atomic E-state index is 13.0. The van der Waals surface area contributed by atoms with E-state index in [2.05, 4.69) is 19.3 Å². The molecule has 1 amide bonds. The van der Waals surface area contributed by atoms with E-state index in [0.717, 1.165) is 18.1 Å². The molecule has 0 fully saturated rings. The van der Waals surface area contributed by atoms with Gasteiger partial charge in [0.05, 0.1) is 4.90 Å². The van der Waals surface area contributed by atoms with Crippen LogP contribution in [0.15, 0.2) is 53.4 Å². The Morgan fingerprint density at radius 2 is 1.88 bits per heavy atom. The highest BCUT2D eigenvalue weighted by atomic mass is 32.2. The second kappa shape index (κ2) is 8.77. The second-order valence-electron chi connectivity index (χ2n) is 5.78. The molecule has 0 aromatic heterocycles. The van der Waals surface area contributed by atoms with E-state index in [-0.39, 0.29) is 10.6 Å². The third kappa shape index (κ3) is 5.53. The molecular weight excluding hydrogens is 359 g/mol. The first kappa shape index (κ1) is 19.9. The zero-order valence-corrected chi connectivity index (χ0v) is 15.3. The van der Waals surface area contributed by atoms with Crippen molar-refractivity contribution in [3.63, 3.8) is 0 Å². The minimum Gasteiger partial charge on any atom is -0.484 e. The van der Waals surface area contributed by atoms with Crippen LogP contribution in [0.2, 0.25) is 0 Å². The average molecular weight is 380 g/mol. The summed E-state index contributed by atoms with van der Waals surface area (Å²) in [5.41, 5.74) is 3.10. The summed E-state index contributed by atoms with van der Waals surface area (Å²) in [6.45, 7) is 3.65. The van der Waals surface area contributed by atoms with E-state index in [1.165, 1.54) is 30.3 Å². The van der Waals surface area contributed by atoms with Crippen molar-refractivity contribution in [3.05, 3.63) is 59.9 Å². The summed E-state index contributed by atoms with van der Waals surface area (Å²) >= 11 is 0. The van der Waals surface area contributed by atoms with Crippen LogP contribution in [0.5, 0.6) is 5.75 Å². The molecule has 0 aliphatic rings. The Bertz CT molecular complexity index is 854. The zero-order valence-electron chi connectivity index (χ0n) is 14.5. The van der Waals surface area contributed by atoms with Crippen LogP contribution in [0.4, 0.5) is 4.39 Å². The first-order chi connectivity index (χ1) is 12.3. The van der Waals surface area contributed by atoms with Gasteiger partial charge in [-0.1, -0.05) is 32.0 Å². The lowest BCUT2D eigenvalue weighted by Gasteiger charge is -2.12. The molecule has 0 radical (unpaired) electrons.